The zero-order valence-electron chi connectivity index (χ0n) is 21.2. The van der Waals surface area contributed by atoms with Crippen LogP contribution in [0.25, 0.3) is 0 Å². The SMILES string of the molecule is CCNC(=O)[C@H](C)N(Cc1ccc(Cl)c(Cl)c1)C(=O)CN(c1ccccc1)S(=O)(=O)c1ccc(OC)cc1. The number of carbonyl (C=O) groups excluding carboxylic acids is 2. The minimum absolute atomic E-state index is 0.0113. The second-order valence-corrected chi connectivity index (χ2v) is 11.0. The van der Waals surface area contributed by atoms with Crippen molar-refractivity contribution in [3.05, 3.63) is 88.4 Å². The number of sulfonamides is 1. The fourth-order valence-electron chi connectivity index (χ4n) is 3.74. The fourth-order valence-corrected chi connectivity index (χ4v) is 5.47. The van der Waals surface area contributed by atoms with Gasteiger partial charge in [-0.05, 0) is 67.9 Å². The van der Waals surface area contributed by atoms with Crippen LogP contribution in [0, 0.1) is 0 Å². The molecule has 3 aromatic rings. The number of benzene rings is 3. The van der Waals surface area contributed by atoms with E-state index in [0.29, 0.717) is 33.6 Å². The van der Waals surface area contributed by atoms with E-state index in [4.69, 9.17) is 27.9 Å². The van der Waals surface area contributed by atoms with E-state index >= 15 is 0 Å². The van der Waals surface area contributed by atoms with Crippen LogP contribution in [0.15, 0.2) is 77.7 Å². The van der Waals surface area contributed by atoms with Crippen LogP contribution < -0.4 is 14.4 Å². The van der Waals surface area contributed by atoms with E-state index in [-0.39, 0.29) is 17.3 Å². The Morgan fingerprint density at radius 1 is 0.974 bits per heavy atom. The third-order valence-electron chi connectivity index (χ3n) is 5.83. The molecule has 38 heavy (non-hydrogen) atoms. The molecular weight excluding hydrogens is 549 g/mol. The maximum Gasteiger partial charge on any atom is 0.264 e. The molecule has 3 aromatic carbocycles. The molecule has 3 rings (SSSR count). The predicted molar refractivity (Wildman–Crippen MR) is 149 cm³/mol. The third-order valence-corrected chi connectivity index (χ3v) is 8.35. The lowest BCUT2D eigenvalue weighted by atomic mass is 10.1. The van der Waals surface area contributed by atoms with E-state index in [0.717, 1.165) is 4.31 Å². The molecule has 1 N–H and O–H groups in total. The predicted octanol–water partition coefficient (Wildman–Crippen LogP) is 4.75. The lowest BCUT2D eigenvalue weighted by Gasteiger charge is -2.32. The van der Waals surface area contributed by atoms with Crippen molar-refractivity contribution in [2.75, 3.05) is 24.5 Å². The Bertz CT molecular complexity index is 1370. The first kappa shape index (κ1) is 29.3. The van der Waals surface area contributed by atoms with Crippen molar-refractivity contribution in [2.24, 2.45) is 0 Å². The van der Waals surface area contributed by atoms with Crippen LogP contribution in [0.3, 0.4) is 0 Å². The van der Waals surface area contributed by atoms with Crippen LogP contribution in [0.2, 0.25) is 10.0 Å². The number of hydrogen-bond donors (Lipinski definition) is 1. The molecule has 0 unspecified atom stereocenters. The number of para-hydroxylation sites is 1. The smallest absolute Gasteiger partial charge is 0.264 e. The summed E-state index contributed by atoms with van der Waals surface area (Å²) < 4.78 is 33.7. The molecule has 1 atom stereocenters. The molecule has 0 aliphatic carbocycles. The number of carbonyl (C=O) groups is 2. The maximum absolute atomic E-state index is 13.8. The Morgan fingerprint density at radius 3 is 2.21 bits per heavy atom. The van der Waals surface area contributed by atoms with Crippen LogP contribution in [0.1, 0.15) is 19.4 Å². The van der Waals surface area contributed by atoms with Crippen molar-refractivity contribution in [2.45, 2.75) is 31.3 Å². The Labute approximate surface area is 233 Å². The van der Waals surface area contributed by atoms with Gasteiger partial charge in [-0.15, -0.1) is 0 Å². The zero-order chi connectivity index (χ0) is 27.9. The summed E-state index contributed by atoms with van der Waals surface area (Å²) in [5, 5.41) is 3.37. The Morgan fingerprint density at radius 2 is 1.63 bits per heavy atom. The monoisotopic (exact) mass is 577 g/mol. The second kappa shape index (κ2) is 13.0. The molecule has 0 fully saturated rings. The minimum atomic E-state index is -4.16. The summed E-state index contributed by atoms with van der Waals surface area (Å²) in [5.41, 5.74) is 0.935. The highest BCUT2D eigenvalue weighted by Crippen LogP contribution is 2.27. The number of likely N-dealkylation sites (N-methyl/N-ethyl adjacent to an activating group) is 1. The van der Waals surface area contributed by atoms with E-state index in [1.165, 1.54) is 36.3 Å². The van der Waals surface area contributed by atoms with E-state index in [1.807, 2.05) is 0 Å². The second-order valence-electron chi connectivity index (χ2n) is 8.36. The van der Waals surface area contributed by atoms with Crippen molar-refractivity contribution in [3.63, 3.8) is 0 Å². The van der Waals surface area contributed by atoms with E-state index in [1.54, 1.807) is 62.4 Å². The Balaban J connectivity index is 2.01. The number of halogens is 2. The molecule has 0 aromatic heterocycles. The minimum Gasteiger partial charge on any atom is -0.497 e. The van der Waals surface area contributed by atoms with Gasteiger partial charge in [-0.1, -0.05) is 47.5 Å². The Kier molecular flexibility index (Phi) is 10.0. The maximum atomic E-state index is 13.8. The normalized spacial score (nSPS) is 11.9. The van der Waals surface area contributed by atoms with Gasteiger partial charge in [-0.2, -0.15) is 0 Å². The third kappa shape index (κ3) is 6.98. The molecule has 8 nitrogen and oxygen atoms in total. The number of hydrogen-bond acceptors (Lipinski definition) is 5. The molecule has 0 saturated heterocycles. The van der Waals surface area contributed by atoms with Crippen LogP contribution >= 0.6 is 23.2 Å². The van der Waals surface area contributed by atoms with Gasteiger partial charge in [0.05, 0.1) is 27.7 Å². The largest absolute Gasteiger partial charge is 0.497 e. The summed E-state index contributed by atoms with van der Waals surface area (Å²) in [4.78, 5) is 27.8. The molecule has 202 valence electrons. The summed E-state index contributed by atoms with van der Waals surface area (Å²) in [6.07, 6.45) is 0. The molecule has 0 aliphatic heterocycles. The van der Waals surface area contributed by atoms with Gasteiger partial charge in [0.15, 0.2) is 0 Å². The number of rotatable bonds is 11. The first-order valence-electron chi connectivity index (χ1n) is 11.8. The topological polar surface area (TPSA) is 96.0 Å². The first-order valence-corrected chi connectivity index (χ1v) is 14.0. The highest BCUT2D eigenvalue weighted by atomic mass is 35.5. The molecule has 2 amide bonds. The number of ether oxygens (including phenoxy) is 1. The van der Waals surface area contributed by atoms with Crippen molar-refractivity contribution >= 4 is 50.7 Å². The van der Waals surface area contributed by atoms with E-state index in [2.05, 4.69) is 5.32 Å². The molecule has 0 saturated carbocycles. The van der Waals surface area contributed by atoms with Crippen LogP contribution in [-0.2, 0) is 26.2 Å². The average Bonchev–Trinajstić information content (AvgIpc) is 2.92. The standard InChI is InChI=1S/C27H29Cl2N3O5S/c1-4-30-27(34)19(2)31(17-20-10-15-24(28)25(29)16-20)26(33)18-32(21-8-6-5-7-9-21)38(35,36)23-13-11-22(37-3)12-14-23/h5-16,19H,4,17-18H2,1-3H3,(H,30,34)/t19-/m0/s1. The molecule has 0 heterocycles. The summed E-state index contributed by atoms with van der Waals surface area (Å²) in [5.74, 6) is -0.448. The zero-order valence-corrected chi connectivity index (χ0v) is 23.6. The van der Waals surface area contributed by atoms with Gasteiger partial charge in [0.1, 0.15) is 18.3 Å². The van der Waals surface area contributed by atoms with Gasteiger partial charge in [0.25, 0.3) is 10.0 Å². The van der Waals surface area contributed by atoms with Crippen LogP contribution in [-0.4, -0.2) is 51.4 Å². The van der Waals surface area contributed by atoms with Crippen molar-refractivity contribution in [1.82, 2.24) is 10.2 Å². The lowest BCUT2D eigenvalue weighted by Crippen LogP contribution is -2.51. The van der Waals surface area contributed by atoms with E-state index < -0.39 is 28.5 Å². The van der Waals surface area contributed by atoms with Gasteiger partial charge in [0, 0.05) is 13.1 Å². The van der Waals surface area contributed by atoms with Crippen molar-refractivity contribution in [1.29, 1.82) is 0 Å². The summed E-state index contributed by atoms with van der Waals surface area (Å²) in [7, 11) is -2.67. The lowest BCUT2D eigenvalue weighted by molar-refractivity contribution is -0.139. The summed E-state index contributed by atoms with van der Waals surface area (Å²) in [6, 6.07) is 18.2. The van der Waals surface area contributed by atoms with Gasteiger partial charge < -0.3 is 15.0 Å². The first-order chi connectivity index (χ1) is 18.1. The van der Waals surface area contributed by atoms with Gasteiger partial charge >= 0.3 is 0 Å². The molecule has 0 bridgehead atoms. The van der Waals surface area contributed by atoms with Crippen LogP contribution in [0.5, 0.6) is 5.75 Å². The molecule has 0 radical (unpaired) electrons. The number of amides is 2. The number of nitrogens with one attached hydrogen (secondary N) is 1. The number of nitrogens with zero attached hydrogens (tertiary/aromatic N) is 2. The van der Waals surface area contributed by atoms with Crippen molar-refractivity contribution in [3.8, 4) is 5.75 Å². The van der Waals surface area contributed by atoms with Gasteiger partial charge in [-0.25, -0.2) is 8.42 Å². The van der Waals surface area contributed by atoms with E-state index in [9.17, 15) is 18.0 Å². The highest BCUT2D eigenvalue weighted by molar-refractivity contribution is 7.92. The summed E-state index contributed by atoms with van der Waals surface area (Å²) >= 11 is 12.2. The Hall–Kier alpha value is -3.27. The average molecular weight is 579 g/mol. The van der Waals surface area contributed by atoms with Crippen LogP contribution in [0.4, 0.5) is 5.69 Å². The highest BCUT2D eigenvalue weighted by Gasteiger charge is 2.32. The summed E-state index contributed by atoms with van der Waals surface area (Å²) in [6.45, 7) is 3.21. The molecular formula is C27H29Cl2N3O5S. The van der Waals surface area contributed by atoms with Gasteiger partial charge in [-0.3, -0.25) is 13.9 Å². The molecule has 0 aliphatic rings. The molecule has 11 heteroatoms. The number of anilines is 1. The number of methoxy groups -OCH3 is 1. The quantitative estimate of drug-likeness (QED) is 0.354. The fraction of sp³-hybridized carbons (Fsp3) is 0.259. The molecule has 0 spiro atoms. The van der Waals surface area contributed by atoms with Crippen molar-refractivity contribution < 1.29 is 22.7 Å². The van der Waals surface area contributed by atoms with Gasteiger partial charge in [0.2, 0.25) is 11.8 Å².